The molecule has 0 bridgehead atoms. The fourth-order valence-electron chi connectivity index (χ4n) is 6.41. The molecule has 3 amide bonds. The number of hydrogen-bond donors (Lipinski definition) is 8. The molecule has 3 saturated heterocycles. The van der Waals surface area contributed by atoms with Crippen LogP contribution in [0.5, 0.6) is 0 Å². The zero-order valence-electron chi connectivity index (χ0n) is 29.9. The number of aliphatic hydroxyl groups is 5. The van der Waals surface area contributed by atoms with E-state index in [0.717, 1.165) is 0 Å². The third-order valence-electron chi connectivity index (χ3n) is 8.91. The molecule has 0 aromatic carbocycles. The first-order chi connectivity index (χ1) is 24.3. The van der Waals surface area contributed by atoms with E-state index in [1.807, 2.05) is 0 Å². The summed E-state index contributed by atoms with van der Waals surface area (Å²) in [5, 5.41) is 59.1. The van der Waals surface area contributed by atoms with E-state index in [1.165, 1.54) is 20.8 Å². The molecule has 0 aromatic heterocycles. The highest BCUT2D eigenvalue weighted by Gasteiger charge is 2.53. The average molecular weight is 740 g/mol. The summed E-state index contributed by atoms with van der Waals surface area (Å²) in [6.45, 7) is 6.34. The van der Waals surface area contributed by atoms with Crippen LogP contribution in [0.1, 0.15) is 41.0 Å². The van der Waals surface area contributed by atoms with Crippen molar-refractivity contribution in [3.8, 4) is 0 Å². The molecule has 3 rings (SSSR count). The van der Waals surface area contributed by atoms with Gasteiger partial charge in [-0.05, 0) is 13.3 Å². The zero-order chi connectivity index (χ0) is 37.7. The van der Waals surface area contributed by atoms with E-state index in [1.54, 1.807) is 13.8 Å². The van der Waals surface area contributed by atoms with Gasteiger partial charge in [0.2, 0.25) is 17.7 Å². The fraction of sp³-hybridized carbons (Fsp3) is 0.906. The standard InChI is InChI=1S/C32H57N3O16/c1-16-23(13-44-9-6-36)49-32(26(28(16)42)34-19(4)40)51-30-25(15-46-11-8-38)50-31(27(29(30)43)35-20(5)41)48-22-12-21(33-18(3)39)17(2)47-24(22)14-45-10-7-37/h16-17,21-32,36-38,42-43H,6-15H2,1-5H3,(H,33,39)(H,34,40)(H,35,41)/t16-,17+,21?,22+,23?,24?,25+,26?,27?,28+,29?,30-,31-,32+/m1/s1. The van der Waals surface area contributed by atoms with E-state index in [0.29, 0.717) is 0 Å². The van der Waals surface area contributed by atoms with Crippen molar-refractivity contribution in [2.45, 2.75) is 121 Å². The normalized spacial score (nSPS) is 37.1. The van der Waals surface area contributed by atoms with Gasteiger partial charge in [-0.25, -0.2) is 0 Å². The summed E-state index contributed by atoms with van der Waals surface area (Å²) in [7, 11) is 0. The smallest absolute Gasteiger partial charge is 0.217 e. The molecule has 3 aliphatic rings. The Morgan fingerprint density at radius 2 is 1.12 bits per heavy atom. The molecule has 0 aromatic rings. The Labute approximate surface area is 297 Å². The predicted molar refractivity (Wildman–Crippen MR) is 174 cm³/mol. The number of ether oxygens (including phenoxy) is 8. The maximum atomic E-state index is 12.5. The Kier molecular flexibility index (Phi) is 18.3. The molecule has 51 heavy (non-hydrogen) atoms. The topological polar surface area (TPSA) is 262 Å². The second-order valence-corrected chi connectivity index (χ2v) is 13.0. The van der Waals surface area contributed by atoms with E-state index in [2.05, 4.69) is 16.0 Å². The fourth-order valence-corrected chi connectivity index (χ4v) is 6.41. The van der Waals surface area contributed by atoms with Crippen molar-refractivity contribution < 1.29 is 77.8 Å². The lowest BCUT2D eigenvalue weighted by atomic mass is 9.89. The molecular weight excluding hydrogens is 682 g/mol. The number of hydrogen-bond acceptors (Lipinski definition) is 16. The van der Waals surface area contributed by atoms with Crippen molar-refractivity contribution in [1.82, 2.24) is 16.0 Å². The van der Waals surface area contributed by atoms with Crippen LogP contribution < -0.4 is 16.0 Å². The van der Waals surface area contributed by atoms with Crippen molar-refractivity contribution >= 4 is 17.7 Å². The van der Waals surface area contributed by atoms with Crippen LogP contribution >= 0.6 is 0 Å². The van der Waals surface area contributed by atoms with Gasteiger partial charge in [0.15, 0.2) is 12.6 Å². The highest BCUT2D eigenvalue weighted by molar-refractivity contribution is 5.74. The summed E-state index contributed by atoms with van der Waals surface area (Å²) in [4.78, 5) is 36.6. The summed E-state index contributed by atoms with van der Waals surface area (Å²) in [5.41, 5.74) is 0. The largest absolute Gasteiger partial charge is 0.394 e. The first kappa shape index (κ1) is 43.3. The lowest BCUT2D eigenvalue weighted by molar-refractivity contribution is -0.340. The highest BCUT2D eigenvalue weighted by Crippen LogP contribution is 2.34. The lowest BCUT2D eigenvalue weighted by Gasteiger charge is -2.50. The summed E-state index contributed by atoms with van der Waals surface area (Å²) < 4.78 is 48.0. The van der Waals surface area contributed by atoms with Gasteiger partial charge >= 0.3 is 0 Å². The molecule has 6 unspecified atom stereocenters. The van der Waals surface area contributed by atoms with Gasteiger partial charge in [-0.3, -0.25) is 14.4 Å². The minimum Gasteiger partial charge on any atom is -0.394 e. The molecule has 296 valence electrons. The van der Waals surface area contributed by atoms with Crippen LogP contribution in [0.15, 0.2) is 0 Å². The van der Waals surface area contributed by atoms with E-state index < -0.39 is 97.3 Å². The zero-order valence-corrected chi connectivity index (χ0v) is 29.9. The first-order valence-corrected chi connectivity index (χ1v) is 17.3. The SMILES string of the molecule is CC(=O)NC1C(O)[C@H](O[C@@H]2OC(COCCO)[C@@H](C)[C@H](O)C2NC(C)=O)[C@H](COCCO)O[C@H]1O[C@H]1CC(NC(C)=O)[C@H](C)OC1COCCO. The molecule has 0 radical (unpaired) electrons. The monoisotopic (exact) mass is 739 g/mol. The van der Waals surface area contributed by atoms with Crippen LogP contribution in [0.25, 0.3) is 0 Å². The summed E-state index contributed by atoms with van der Waals surface area (Å²) in [6.07, 6.45) is -10.3. The van der Waals surface area contributed by atoms with Gasteiger partial charge in [0.05, 0.1) is 89.9 Å². The van der Waals surface area contributed by atoms with Crippen molar-refractivity contribution in [3.05, 3.63) is 0 Å². The van der Waals surface area contributed by atoms with Crippen molar-refractivity contribution in [2.24, 2.45) is 5.92 Å². The number of amides is 3. The Balaban J connectivity index is 1.94. The van der Waals surface area contributed by atoms with Crippen LogP contribution in [-0.4, -0.2) is 182 Å². The lowest BCUT2D eigenvalue weighted by Crippen LogP contribution is -2.69. The first-order valence-electron chi connectivity index (χ1n) is 17.3. The Morgan fingerprint density at radius 3 is 1.65 bits per heavy atom. The van der Waals surface area contributed by atoms with Crippen LogP contribution in [-0.2, 0) is 52.3 Å². The number of carbonyl (C=O) groups is 3. The highest BCUT2D eigenvalue weighted by atomic mass is 16.7. The Morgan fingerprint density at radius 1 is 0.647 bits per heavy atom. The van der Waals surface area contributed by atoms with E-state index >= 15 is 0 Å². The van der Waals surface area contributed by atoms with Crippen molar-refractivity contribution in [1.29, 1.82) is 0 Å². The van der Waals surface area contributed by atoms with Gasteiger partial charge in [0, 0.05) is 26.7 Å². The number of aliphatic hydroxyl groups excluding tert-OH is 5. The predicted octanol–water partition coefficient (Wildman–Crippen LogP) is -3.72. The van der Waals surface area contributed by atoms with Crippen molar-refractivity contribution in [2.75, 3.05) is 59.5 Å². The van der Waals surface area contributed by atoms with Crippen LogP contribution in [0.4, 0.5) is 0 Å². The second-order valence-electron chi connectivity index (χ2n) is 13.0. The van der Waals surface area contributed by atoms with Gasteiger partial charge in [0.1, 0.15) is 36.5 Å². The summed E-state index contributed by atoms with van der Waals surface area (Å²) in [5.74, 6) is -1.84. The molecule has 0 saturated carbocycles. The Hall–Kier alpha value is -2.11. The van der Waals surface area contributed by atoms with Crippen LogP contribution in [0.3, 0.4) is 0 Å². The number of nitrogens with one attached hydrogen (secondary N) is 3. The maximum Gasteiger partial charge on any atom is 0.217 e. The molecule has 3 heterocycles. The summed E-state index contributed by atoms with van der Waals surface area (Å²) >= 11 is 0. The molecule has 19 heteroatoms. The van der Waals surface area contributed by atoms with E-state index in [-0.39, 0.29) is 71.8 Å². The molecule has 3 aliphatic heterocycles. The quantitative estimate of drug-likeness (QED) is 0.0593. The molecule has 3 fully saturated rings. The van der Waals surface area contributed by atoms with Gasteiger partial charge in [0.25, 0.3) is 0 Å². The minimum absolute atomic E-state index is 0.0186. The molecular formula is C32H57N3O16. The van der Waals surface area contributed by atoms with Gasteiger partial charge in [-0.15, -0.1) is 0 Å². The molecule has 0 spiro atoms. The van der Waals surface area contributed by atoms with E-state index in [9.17, 15) is 34.8 Å². The van der Waals surface area contributed by atoms with Gasteiger partial charge < -0.3 is 79.4 Å². The average Bonchev–Trinajstić information content (AvgIpc) is 3.06. The van der Waals surface area contributed by atoms with Gasteiger partial charge in [-0.2, -0.15) is 0 Å². The third-order valence-corrected chi connectivity index (χ3v) is 8.91. The second kappa shape index (κ2) is 21.6. The van der Waals surface area contributed by atoms with Gasteiger partial charge in [-0.1, -0.05) is 6.92 Å². The Bertz CT molecular complexity index is 1080. The van der Waals surface area contributed by atoms with E-state index in [4.69, 9.17) is 43.0 Å². The molecule has 14 atom stereocenters. The summed E-state index contributed by atoms with van der Waals surface area (Å²) in [6, 6.07) is -2.82. The molecule has 0 aliphatic carbocycles. The van der Waals surface area contributed by atoms with Crippen LogP contribution in [0.2, 0.25) is 0 Å². The van der Waals surface area contributed by atoms with Crippen molar-refractivity contribution in [3.63, 3.8) is 0 Å². The number of rotatable bonds is 19. The number of carbonyl (C=O) groups excluding carboxylic acids is 3. The molecule has 8 N–H and O–H groups in total. The van der Waals surface area contributed by atoms with Crippen LogP contribution in [0, 0.1) is 5.92 Å². The molecule has 19 nitrogen and oxygen atoms in total. The third kappa shape index (κ3) is 12.8. The maximum absolute atomic E-state index is 12.5. The minimum atomic E-state index is -1.56.